The first-order valence-electron chi connectivity index (χ1n) is 7.68. The fraction of sp³-hybridized carbons (Fsp3) is 0.688. The molecule has 3 heteroatoms. The molecule has 2 unspecified atom stereocenters. The van der Waals surface area contributed by atoms with Crippen molar-refractivity contribution < 1.29 is 0 Å². The van der Waals surface area contributed by atoms with Gasteiger partial charge < -0.3 is 5.32 Å². The molecule has 1 aliphatic heterocycles. The molecule has 2 rings (SSSR count). The minimum absolute atomic E-state index is 0.721. The molecule has 1 aliphatic rings. The second kappa shape index (κ2) is 7.61. The molecular formula is C16H27N3. The van der Waals surface area contributed by atoms with Crippen LogP contribution in [0.25, 0.3) is 0 Å². The number of nitrogens with zero attached hydrogens (tertiary/aromatic N) is 2. The Kier molecular flexibility index (Phi) is 5.80. The molecular weight excluding hydrogens is 234 g/mol. The van der Waals surface area contributed by atoms with E-state index in [4.69, 9.17) is 0 Å². The van der Waals surface area contributed by atoms with Crippen molar-refractivity contribution in [2.45, 2.75) is 45.7 Å². The van der Waals surface area contributed by atoms with Crippen LogP contribution in [0.2, 0.25) is 0 Å². The first kappa shape index (κ1) is 14.5. The van der Waals surface area contributed by atoms with Crippen LogP contribution in [-0.4, -0.2) is 35.6 Å². The highest BCUT2D eigenvalue weighted by atomic mass is 15.1. The average Bonchev–Trinajstić information content (AvgIpc) is 2.47. The van der Waals surface area contributed by atoms with Gasteiger partial charge in [-0.2, -0.15) is 0 Å². The lowest BCUT2D eigenvalue weighted by molar-refractivity contribution is 0.129. The Morgan fingerprint density at radius 3 is 2.79 bits per heavy atom. The van der Waals surface area contributed by atoms with Crippen LogP contribution in [-0.2, 0) is 6.54 Å². The minimum atomic E-state index is 0.721. The van der Waals surface area contributed by atoms with Gasteiger partial charge in [-0.25, -0.2) is 0 Å². The highest BCUT2D eigenvalue weighted by Crippen LogP contribution is 2.21. The number of rotatable bonds is 6. The van der Waals surface area contributed by atoms with Gasteiger partial charge in [-0.1, -0.05) is 20.3 Å². The highest BCUT2D eigenvalue weighted by molar-refractivity contribution is 5.09. The molecule has 0 amide bonds. The maximum Gasteiger partial charge on any atom is 0.0271 e. The van der Waals surface area contributed by atoms with Crippen molar-refractivity contribution in [2.24, 2.45) is 5.92 Å². The summed E-state index contributed by atoms with van der Waals surface area (Å²) >= 11 is 0. The minimum Gasteiger partial charge on any atom is -0.314 e. The molecule has 3 nitrogen and oxygen atoms in total. The van der Waals surface area contributed by atoms with Crippen LogP contribution >= 0.6 is 0 Å². The summed E-state index contributed by atoms with van der Waals surface area (Å²) < 4.78 is 0. The maximum absolute atomic E-state index is 4.09. The molecule has 0 radical (unpaired) electrons. The molecule has 1 N–H and O–H groups in total. The summed E-state index contributed by atoms with van der Waals surface area (Å²) in [5.41, 5.74) is 1.38. The summed E-state index contributed by atoms with van der Waals surface area (Å²) in [4.78, 5) is 6.68. The zero-order chi connectivity index (χ0) is 13.5. The fourth-order valence-electron chi connectivity index (χ4n) is 3.01. The molecule has 0 spiro atoms. The third-order valence-electron chi connectivity index (χ3n) is 4.15. The normalized spacial score (nSPS) is 24.5. The first-order chi connectivity index (χ1) is 9.33. The Balaban J connectivity index is 1.86. The summed E-state index contributed by atoms with van der Waals surface area (Å²) in [5, 5.41) is 3.72. The number of hydrogen-bond acceptors (Lipinski definition) is 3. The molecule has 106 valence electrons. The van der Waals surface area contributed by atoms with E-state index in [-0.39, 0.29) is 0 Å². The van der Waals surface area contributed by atoms with E-state index >= 15 is 0 Å². The van der Waals surface area contributed by atoms with Gasteiger partial charge in [0.2, 0.25) is 0 Å². The van der Waals surface area contributed by atoms with E-state index in [1.54, 1.807) is 0 Å². The molecule has 0 bridgehead atoms. The molecule has 1 saturated heterocycles. The standard InChI is InChI=1S/C16H27N3/c1-3-8-18-16-7-11-19(13-15(16)4-2)12-14-5-9-17-10-6-14/h5-6,9-10,15-16,18H,3-4,7-8,11-13H2,1-2H3. The van der Waals surface area contributed by atoms with Crippen molar-refractivity contribution in [1.29, 1.82) is 0 Å². The Morgan fingerprint density at radius 2 is 2.11 bits per heavy atom. The summed E-state index contributed by atoms with van der Waals surface area (Å²) in [6.45, 7) is 9.22. The lowest BCUT2D eigenvalue weighted by atomic mass is 9.89. The summed E-state index contributed by atoms with van der Waals surface area (Å²) in [5.74, 6) is 0.794. The number of aromatic nitrogens is 1. The summed E-state index contributed by atoms with van der Waals surface area (Å²) in [7, 11) is 0. The second-order valence-electron chi connectivity index (χ2n) is 5.61. The first-order valence-corrected chi connectivity index (χ1v) is 7.68. The van der Waals surface area contributed by atoms with Gasteiger partial charge in [0.05, 0.1) is 0 Å². The zero-order valence-electron chi connectivity index (χ0n) is 12.3. The average molecular weight is 261 g/mol. The molecule has 1 aromatic rings. The van der Waals surface area contributed by atoms with Gasteiger partial charge in [-0.15, -0.1) is 0 Å². The lowest BCUT2D eigenvalue weighted by Gasteiger charge is -2.38. The van der Waals surface area contributed by atoms with Crippen molar-refractivity contribution in [3.05, 3.63) is 30.1 Å². The van der Waals surface area contributed by atoms with E-state index in [9.17, 15) is 0 Å². The molecule has 2 heterocycles. The van der Waals surface area contributed by atoms with Gasteiger partial charge in [-0.3, -0.25) is 9.88 Å². The van der Waals surface area contributed by atoms with E-state index in [0.717, 1.165) is 25.0 Å². The van der Waals surface area contributed by atoms with Crippen LogP contribution in [0.1, 0.15) is 38.7 Å². The number of hydrogen-bond donors (Lipinski definition) is 1. The van der Waals surface area contributed by atoms with Gasteiger partial charge in [0.1, 0.15) is 0 Å². The Labute approximate surface area is 117 Å². The van der Waals surface area contributed by atoms with Crippen molar-refractivity contribution in [1.82, 2.24) is 15.2 Å². The Morgan fingerprint density at radius 1 is 1.32 bits per heavy atom. The van der Waals surface area contributed by atoms with Crippen molar-refractivity contribution in [2.75, 3.05) is 19.6 Å². The third-order valence-corrected chi connectivity index (χ3v) is 4.15. The van der Waals surface area contributed by atoms with Crippen LogP contribution < -0.4 is 5.32 Å². The van der Waals surface area contributed by atoms with E-state index in [0.29, 0.717) is 0 Å². The Hall–Kier alpha value is -0.930. The van der Waals surface area contributed by atoms with E-state index in [1.165, 1.54) is 37.9 Å². The molecule has 2 atom stereocenters. The van der Waals surface area contributed by atoms with Crippen LogP contribution in [0.5, 0.6) is 0 Å². The zero-order valence-corrected chi connectivity index (χ0v) is 12.3. The van der Waals surface area contributed by atoms with E-state index < -0.39 is 0 Å². The highest BCUT2D eigenvalue weighted by Gasteiger charge is 2.27. The summed E-state index contributed by atoms with van der Waals surface area (Å²) in [6.07, 6.45) is 7.57. The maximum atomic E-state index is 4.09. The van der Waals surface area contributed by atoms with Crippen molar-refractivity contribution in [3.8, 4) is 0 Å². The predicted octanol–water partition coefficient (Wildman–Crippen LogP) is 2.68. The molecule has 0 saturated carbocycles. The monoisotopic (exact) mass is 261 g/mol. The molecule has 0 aliphatic carbocycles. The smallest absolute Gasteiger partial charge is 0.0271 e. The molecule has 19 heavy (non-hydrogen) atoms. The van der Waals surface area contributed by atoms with Gasteiger partial charge in [0.25, 0.3) is 0 Å². The van der Waals surface area contributed by atoms with Gasteiger partial charge >= 0.3 is 0 Å². The van der Waals surface area contributed by atoms with Crippen LogP contribution in [0.15, 0.2) is 24.5 Å². The van der Waals surface area contributed by atoms with Gasteiger partial charge in [-0.05, 0) is 49.5 Å². The largest absolute Gasteiger partial charge is 0.314 e. The van der Waals surface area contributed by atoms with Crippen LogP contribution in [0, 0.1) is 5.92 Å². The Bertz CT molecular complexity index is 352. The second-order valence-corrected chi connectivity index (χ2v) is 5.61. The molecule has 1 fully saturated rings. The lowest BCUT2D eigenvalue weighted by Crippen LogP contribution is -2.49. The van der Waals surface area contributed by atoms with Crippen molar-refractivity contribution in [3.63, 3.8) is 0 Å². The van der Waals surface area contributed by atoms with Crippen LogP contribution in [0.3, 0.4) is 0 Å². The quantitative estimate of drug-likeness (QED) is 0.853. The summed E-state index contributed by atoms with van der Waals surface area (Å²) in [6, 6.07) is 4.98. The fourth-order valence-corrected chi connectivity index (χ4v) is 3.01. The van der Waals surface area contributed by atoms with Gasteiger partial charge in [0.15, 0.2) is 0 Å². The number of piperidine rings is 1. The van der Waals surface area contributed by atoms with E-state index in [2.05, 4.69) is 41.2 Å². The molecule has 0 aromatic carbocycles. The van der Waals surface area contributed by atoms with E-state index in [1.807, 2.05) is 12.4 Å². The third kappa shape index (κ3) is 4.29. The molecule has 1 aromatic heterocycles. The number of pyridine rings is 1. The topological polar surface area (TPSA) is 28.2 Å². The number of nitrogens with one attached hydrogen (secondary N) is 1. The predicted molar refractivity (Wildman–Crippen MR) is 80.0 cm³/mol. The van der Waals surface area contributed by atoms with Gasteiger partial charge in [0, 0.05) is 31.5 Å². The van der Waals surface area contributed by atoms with Crippen LogP contribution in [0.4, 0.5) is 0 Å². The van der Waals surface area contributed by atoms with Crippen molar-refractivity contribution >= 4 is 0 Å². The SMILES string of the molecule is CCCNC1CCN(Cc2ccncc2)CC1CC. The number of likely N-dealkylation sites (tertiary alicyclic amines) is 1.